The summed E-state index contributed by atoms with van der Waals surface area (Å²) in [6.45, 7) is 9.40. The molecule has 1 heterocycles. The molecule has 1 fully saturated rings. The minimum Gasteiger partial charge on any atom is -0.333 e. The van der Waals surface area contributed by atoms with Crippen LogP contribution in [0.15, 0.2) is 0 Å². The SMILES string of the molecule is CC1CCCN(CC(=O)NC(=O)NC(C)(C)C)C1CN.Cl. The highest BCUT2D eigenvalue weighted by molar-refractivity contribution is 5.95. The monoisotopic (exact) mass is 320 g/mol. The fraction of sp³-hybridized carbons (Fsp3) is 0.857. The van der Waals surface area contributed by atoms with Gasteiger partial charge in [0.25, 0.3) is 0 Å². The summed E-state index contributed by atoms with van der Waals surface area (Å²) in [5.41, 5.74) is 5.43. The molecule has 0 radical (unpaired) electrons. The number of piperidine rings is 1. The minimum absolute atomic E-state index is 0. The predicted molar refractivity (Wildman–Crippen MR) is 86.5 cm³/mol. The number of likely N-dealkylation sites (tertiary alicyclic amines) is 1. The lowest BCUT2D eigenvalue weighted by Gasteiger charge is -2.38. The van der Waals surface area contributed by atoms with E-state index in [0.29, 0.717) is 12.5 Å². The van der Waals surface area contributed by atoms with Crippen molar-refractivity contribution in [2.24, 2.45) is 11.7 Å². The molecule has 0 bridgehead atoms. The Morgan fingerprint density at radius 3 is 2.48 bits per heavy atom. The van der Waals surface area contributed by atoms with E-state index in [-0.39, 0.29) is 36.4 Å². The lowest BCUT2D eigenvalue weighted by Crippen LogP contribution is -2.54. The zero-order valence-corrected chi connectivity index (χ0v) is 14.3. The van der Waals surface area contributed by atoms with E-state index in [0.717, 1.165) is 19.4 Å². The third kappa shape index (κ3) is 7.11. The number of carbonyl (C=O) groups excluding carboxylic acids is 2. The van der Waals surface area contributed by atoms with E-state index in [1.165, 1.54) is 0 Å². The first kappa shape index (κ1) is 20.1. The Labute approximate surface area is 133 Å². The quantitative estimate of drug-likeness (QED) is 0.726. The summed E-state index contributed by atoms with van der Waals surface area (Å²) in [6.07, 6.45) is 2.21. The summed E-state index contributed by atoms with van der Waals surface area (Å²) in [7, 11) is 0. The Bertz CT molecular complexity index is 357. The van der Waals surface area contributed by atoms with Crippen LogP contribution in [-0.4, -0.2) is 48.1 Å². The molecule has 0 aliphatic carbocycles. The molecule has 0 aromatic rings. The van der Waals surface area contributed by atoms with Gasteiger partial charge in [-0.2, -0.15) is 0 Å². The van der Waals surface area contributed by atoms with Crippen molar-refractivity contribution in [3.8, 4) is 0 Å². The number of nitrogens with zero attached hydrogens (tertiary/aromatic N) is 1. The molecule has 1 saturated heterocycles. The maximum atomic E-state index is 11.9. The second kappa shape index (κ2) is 8.56. The van der Waals surface area contributed by atoms with Crippen molar-refractivity contribution in [2.45, 2.75) is 52.1 Å². The molecule has 0 aromatic heterocycles. The molecular formula is C14H29ClN4O2. The number of rotatable bonds is 3. The fourth-order valence-electron chi connectivity index (χ4n) is 2.63. The summed E-state index contributed by atoms with van der Waals surface area (Å²) < 4.78 is 0. The maximum Gasteiger partial charge on any atom is 0.321 e. The van der Waals surface area contributed by atoms with Crippen molar-refractivity contribution in [1.29, 1.82) is 0 Å². The maximum absolute atomic E-state index is 11.9. The third-order valence-corrected chi connectivity index (χ3v) is 3.56. The molecule has 0 saturated carbocycles. The van der Waals surface area contributed by atoms with E-state index in [2.05, 4.69) is 22.5 Å². The highest BCUT2D eigenvalue weighted by atomic mass is 35.5. The van der Waals surface area contributed by atoms with Crippen molar-refractivity contribution < 1.29 is 9.59 Å². The van der Waals surface area contributed by atoms with E-state index in [1.54, 1.807) is 0 Å². The second-order valence-corrected chi connectivity index (χ2v) is 6.65. The molecule has 6 nitrogen and oxygen atoms in total. The molecule has 7 heteroatoms. The van der Waals surface area contributed by atoms with Crippen molar-refractivity contribution in [3.05, 3.63) is 0 Å². The number of nitrogens with two attached hydrogens (primary N) is 1. The molecule has 1 aliphatic rings. The van der Waals surface area contributed by atoms with E-state index in [1.807, 2.05) is 20.8 Å². The lowest BCUT2D eigenvalue weighted by atomic mass is 9.91. The van der Waals surface area contributed by atoms with Gasteiger partial charge in [-0.3, -0.25) is 15.0 Å². The van der Waals surface area contributed by atoms with Crippen LogP contribution in [0, 0.1) is 5.92 Å². The van der Waals surface area contributed by atoms with Gasteiger partial charge < -0.3 is 11.1 Å². The Morgan fingerprint density at radius 1 is 1.33 bits per heavy atom. The van der Waals surface area contributed by atoms with E-state index in [4.69, 9.17) is 5.73 Å². The van der Waals surface area contributed by atoms with Crippen LogP contribution < -0.4 is 16.4 Å². The first-order chi connectivity index (χ1) is 9.23. The van der Waals surface area contributed by atoms with Crippen molar-refractivity contribution in [1.82, 2.24) is 15.5 Å². The molecule has 2 unspecified atom stereocenters. The average Bonchev–Trinajstić information content (AvgIpc) is 2.26. The molecule has 1 rings (SSSR count). The van der Waals surface area contributed by atoms with Crippen LogP contribution >= 0.6 is 12.4 Å². The second-order valence-electron chi connectivity index (χ2n) is 6.65. The highest BCUT2D eigenvalue weighted by Crippen LogP contribution is 2.21. The molecule has 1 aliphatic heterocycles. The van der Waals surface area contributed by atoms with Gasteiger partial charge in [-0.25, -0.2) is 4.79 Å². The summed E-state index contributed by atoms with van der Waals surface area (Å²) in [5.74, 6) is 0.212. The predicted octanol–water partition coefficient (Wildman–Crippen LogP) is 1.09. The van der Waals surface area contributed by atoms with Gasteiger partial charge in [-0.15, -0.1) is 12.4 Å². The largest absolute Gasteiger partial charge is 0.333 e. The molecular weight excluding hydrogens is 292 g/mol. The van der Waals surface area contributed by atoms with Crippen molar-refractivity contribution >= 4 is 24.3 Å². The molecule has 124 valence electrons. The topological polar surface area (TPSA) is 87.5 Å². The van der Waals surface area contributed by atoms with E-state index >= 15 is 0 Å². The van der Waals surface area contributed by atoms with Crippen LogP contribution in [0.25, 0.3) is 0 Å². The smallest absolute Gasteiger partial charge is 0.321 e. The van der Waals surface area contributed by atoms with Gasteiger partial charge in [0.2, 0.25) is 5.91 Å². The molecule has 0 aromatic carbocycles. The van der Waals surface area contributed by atoms with Gasteiger partial charge in [-0.05, 0) is 46.1 Å². The van der Waals surface area contributed by atoms with E-state index < -0.39 is 6.03 Å². The number of halogens is 1. The zero-order valence-electron chi connectivity index (χ0n) is 13.4. The van der Waals surface area contributed by atoms with Crippen LogP contribution in [0.5, 0.6) is 0 Å². The van der Waals surface area contributed by atoms with Gasteiger partial charge in [0.1, 0.15) is 0 Å². The van der Waals surface area contributed by atoms with Crippen LogP contribution in [0.1, 0.15) is 40.5 Å². The molecule has 4 N–H and O–H groups in total. The summed E-state index contributed by atoms with van der Waals surface area (Å²) >= 11 is 0. The van der Waals surface area contributed by atoms with Crippen LogP contribution in [0.4, 0.5) is 4.79 Å². The summed E-state index contributed by atoms with van der Waals surface area (Å²) in [4.78, 5) is 25.6. The molecule has 3 amide bonds. The first-order valence-electron chi connectivity index (χ1n) is 7.29. The van der Waals surface area contributed by atoms with Crippen molar-refractivity contribution in [2.75, 3.05) is 19.6 Å². The molecule has 2 atom stereocenters. The molecule has 21 heavy (non-hydrogen) atoms. The summed E-state index contributed by atoms with van der Waals surface area (Å²) in [6, 6.07) is -0.225. The summed E-state index contributed by atoms with van der Waals surface area (Å²) in [5, 5.41) is 5.08. The Kier molecular flexibility index (Phi) is 8.21. The van der Waals surface area contributed by atoms with Crippen LogP contribution in [0.2, 0.25) is 0 Å². The Balaban J connectivity index is 0.00000400. The number of urea groups is 1. The van der Waals surface area contributed by atoms with Crippen molar-refractivity contribution in [3.63, 3.8) is 0 Å². The van der Waals surface area contributed by atoms with E-state index in [9.17, 15) is 9.59 Å². The van der Waals surface area contributed by atoms with Gasteiger partial charge in [0.15, 0.2) is 0 Å². The number of amides is 3. The number of hydrogen-bond donors (Lipinski definition) is 3. The van der Waals surface area contributed by atoms with Gasteiger partial charge in [-0.1, -0.05) is 6.92 Å². The van der Waals surface area contributed by atoms with Crippen LogP contribution in [-0.2, 0) is 4.79 Å². The van der Waals surface area contributed by atoms with Gasteiger partial charge in [0.05, 0.1) is 6.54 Å². The lowest BCUT2D eigenvalue weighted by molar-refractivity contribution is -0.122. The number of carbonyl (C=O) groups is 2. The Hall–Kier alpha value is -0.850. The number of imide groups is 1. The highest BCUT2D eigenvalue weighted by Gasteiger charge is 2.29. The number of hydrogen-bond acceptors (Lipinski definition) is 4. The van der Waals surface area contributed by atoms with Crippen LogP contribution in [0.3, 0.4) is 0 Å². The fourth-order valence-corrected chi connectivity index (χ4v) is 2.63. The number of nitrogens with one attached hydrogen (secondary N) is 2. The first-order valence-corrected chi connectivity index (χ1v) is 7.29. The molecule has 0 spiro atoms. The average molecular weight is 321 g/mol. The standard InChI is InChI=1S/C14H28N4O2.ClH/c1-10-6-5-7-18(11(10)8-15)9-12(19)16-13(20)17-14(2,3)4;/h10-11H,5-9,15H2,1-4H3,(H2,16,17,19,20);1H. The van der Waals surface area contributed by atoms with Gasteiger partial charge in [0, 0.05) is 18.1 Å². The van der Waals surface area contributed by atoms with Gasteiger partial charge >= 0.3 is 6.03 Å². The Morgan fingerprint density at radius 2 is 1.95 bits per heavy atom. The zero-order chi connectivity index (χ0) is 15.3. The normalized spacial score (nSPS) is 23.1. The minimum atomic E-state index is -0.447. The third-order valence-electron chi connectivity index (χ3n) is 3.56.